The largest absolute Gasteiger partial charge is 0.388 e. The first-order valence-corrected chi connectivity index (χ1v) is 11.3. The number of halogens is 3. The number of hydrogen-bond acceptors (Lipinski definition) is 3. The van der Waals surface area contributed by atoms with Gasteiger partial charge in [0.1, 0.15) is 17.5 Å². The lowest BCUT2D eigenvalue weighted by atomic mass is 10.1. The molecule has 0 aliphatic carbocycles. The van der Waals surface area contributed by atoms with Gasteiger partial charge in [-0.3, -0.25) is 4.79 Å². The van der Waals surface area contributed by atoms with Crippen molar-refractivity contribution in [3.05, 3.63) is 95.3 Å². The SMILES string of the molecule is CNc1ccc(C(=O)N2CCc3c(sc(-c4c(F)cccc4F)c3F)-c3ccccc32)cc1. The van der Waals surface area contributed by atoms with Gasteiger partial charge in [-0.15, -0.1) is 11.3 Å². The highest BCUT2D eigenvalue weighted by molar-refractivity contribution is 7.19. The summed E-state index contributed by atoms with van der Waals surface area (Å²) in [5.41, 5.74) is 2.72. The molecule has 0 saturated carbocycles. The number of thiophene rings is 1. The monoisotopic (exact) mass is 464 g/mol. The number of nitrogens with one attached hydrogen (secondary N) is 1. The molecule has 5 rings (SSSR count). The number of nitrogens with zero attached hydrogens (tertiary/aromatic N) is 1. The van der Waals surface area contributed by atoms with Crippen molar-refractivity contribution in [2.75, 3.05) is 23.8 Å². The molecular formula is C26H19F3N2OS. The lowest BCUT2D eigenvalue weighted by Crippen LogP contribution is -2.32. The van der Waals surface area contributed by atoms with Gasteiger partial charge in [0.15, 0.2) is 0 Å². The van der Waals surface area contributed by atoms with Crippen LogP contribution in [0.4, 0.5) is 24.5 Å². The molecule has 3 aromatic carbocycles. The Balaban J connectivity index is 1.61. The van der Waals surface area contributed by atoms with E-state index in [1.54, 1.807) is 36.2 Å². The lowest BCUT2D eigenvalue weighted by molar-refractivity contribution is 0.0987. The Hall–Kier alpha value is -3.58. The van der Waals surface area contributed by atoms with Gasteiger partial charge in [0.05, 0.1) is 16.1 Å². The zero-order valence-electron chi connectivity index (χ0n) is 17.7. The number of rotatable bonds is 3. The van der Waals surface area contributed by atoms with Crippen LogP contribution in [0.15, 0.2) is 66.7 Å². The Morgan fingerprint density at radius 1 is 0.909 bits per heavy atom. The van der Waals surface area contributed by atoms with Crippen LogP contribution in [0.1, 0.15) is 15.9 Å². The molecule has 0 bridgehead atoms. The van der Waals surface area contributed by atoms with E-state index in [-0.39, 0.29) is 29.3 Å². The highest BCUT2D eigenvalue weighted by Crippen LogP contribution is 2.47. The number of hydrogen-bond donors (Lipinski definition) is 1. The molecule has 1 aromatic heterocycles. The summed E-state index contributed by atoms with van der Waals surface area (Å²) in [6, 6.07) is 17.9. The molecule has 0 saturated heterocycles. The molecule has 1 amide bonds. The van der Waals surface area contributed by atoms with Crippen molar-refractivity contribution < 1.29 is 18.0 Å². The van der Waals surface area contributed by atoms with Gasteiger partial charge in [-0.05, 0) is 48.9 Å². The first-order chi connectivity index (χ1) is 16.0. The van der Waals surface area contributed by atoms with E-state index in [9.17, 15) is 13.6 Å². The third kappa shape index (κ3) is 3.58. The average molecular weight is 465 g/mol. The number of amides is 1. The van der Waals surface area contributed by atoms with E-state index < -0.39 is 17.5 Å². The van der Waals surface area contributed by atoms with Crippen LogP contribution in [-0.2, 0) is 6.42 Å². The fraction of sp³-hybridized carbons (Fsp3) is 0.115. The van der Waals surface area contributed by atoms with Crippen LogP contribution in [0.3, 0.4) is 0 Å². The van der Waals surface area contributed by atoms with Crippen molar-refractivity contribution in [3.63, 3.8) is 0 Å². The van der Waals surface area contributed by atoms with E-state index in [0.717, 1.165) is 29.2 Å². The van der Waals surface area contributed by atoms with Gasteiger partial charge >= 0.3 is 0 Å². The molecule has 3 nitrogen and oxygen atoms in total. The molecule has 0 fully saturated rings. The maximum Gasteiger partial charge on any atom is 0.258 e. The number of para-hydroxylation sites is 1. The summed E-state index contributed by atoms with van der Waals surface area (Å²) in [5.74, 6) is -2.44. The van der Waals surface area contributed by atoms with Crippen molar-refractivity contribution in [1.29, 1.82) is 0 Å². The van der Waals surface area contributed by atoms with Gasteiger partial charge in [0, 0.05) is 40.8 Å². The summed E-state index contributed by atoms with van der Waals surface area (Å²) in [7, 11) is 1.80. The van der Waals surface area contributed by atoms with Crippen molar-refractivity contribution >= 4 is 28.6 Å². The van der Waals surface area contributed by atoms with Gasteiger partial charge in [-0.25, -0.2) is 13.2 Å². The third-order valence-corrected chi connectivity index (χ3v) is 7.08. The molecule has 0 spiro atoms. The van der Waals surface area contributed by atoms with E-state index in [2.05, 4.69) is 5.32 Å². The molecule has 1 aliphatic rings. The Morgan fingerprint density at radius 3 is 2.30 bits per heavy atom. The Morgan fingerprint density at radius 2 is 1.61 bits per heavy atom. The first-order valence-electron chi connectivity index (χ1n) is 10.4. The zero-order chi connectivity index (χ0) is 23.1. The van der Waals surface area contributed by atoms with Crippen LogP contribution < -0.4 is 10.2 Å². The van der Waals surface area contributed by atoms with E-state index in [4.69, 9.17) is 0 Å². The fourth-order valence-electron chi connectivity index (χ4n) is 4.15. The minimum atomic E-state index is -0.805. The average Bonchev–Trinajstić information content (AvgIpc) is 3.05. The predicted molar refractivity (Wildman–Crippen MR) is 126 cm³/mol. The lowest BCUT2D eigenvalue weighted by Gasteiger charge is -2.23. The van der Waals surface area contributed by atoms with Gasteiger partial charge in [-0.2, -0.15) is 0 Å². The Bertz CT molecular complexity index is 1340. The number of carbonyl (C=O) groups excluding carboxylic acids is 1. The minimum absolute atomic E-state index is 0.0622. The van der Waals surface area contributed by atoms with Crippen molar-refractivity contribution in [2.45, 2.75) is 6.42 Å². The van der Waals surface area contributed by atoms with Gasteiger partial charge in [0.2, 0.25) is 0 Å². The number of anilines is 2. The summed E-state index contributed by atoms with van der Waals surface area (Å²) in [6.07, 6.45) is 0.225. The molecule has 1 N–H and O–H groups in total. The molecular weight excluding hydrogens is 445 g/mol. The van der Waals surface area contributed by atoms with E-state index >= 15 is 4.39 Å². The second-order valence-electron chi connectivity index (χ2n) is 7.70. The van der Waals surface area contributed by atoms with Crippen LogP contribution in [0.25, 0.3) is 20.9 Å². The maximum atomic E-state index is 15.5. The molecule has 7 heteroatoms. The summed E-state index contributed by atoms with van der Waals surface area (Å²) in [4.78, 5) is 15.5. The summed E-state index contributed by atoms with van der Waals surface area (Å²) < 4.78 is 44.4. The van der Waals surface area contributed by atoms with E-state index in [1.165, 1.54) is 6.07 Å². The molecule has 1 aliphatic heterocycles. The molecule has 166 valence electrons. The highest BCUT2D eigenvalue weighted by Gasteiger charge is 2.31. The normalized spacial score (nSPS) is 12.7. The standard InChI is InChI=1S/C26H19F3N2OS/c1-30-16-11-9-15(10-12-16)26(32)31-14-13-18-23(29)25(22-19(27)6-4-7-20(22)28)33-24(18)17-5-2-3-8-21(17)31/h2-12,30H,13-14H2,1H3. The first kappa shape index (κ1) is 21.3. The minimum Gasteiger partial charge on any atom is -0.388 e. The quantitative estimate of drug-likeness (QED) is 0.364. The zero-order valence-corrected chi connectivity index (χ0v) is 18.5. The number of benzene rings is 3. The molecule has 0 atom stereocenters. The topological polar surface area (TPSA) is 32.3 Å². The molecule has 0 unspecified atom stereocenters. The van der Waals surface area contributed by atoms with Crippen LogP contribution >= 0.6 is 11.3 Å². The molecule has 33 heavy (non-hydrogen) atoms. The van der Waals surface area contributed by atoms with Gasteiger partial charge < -0.3 is 10.2 Å². The predicted octanol–water partition coefficient (Wildman–Crippen LogP) is 6.74. The Kier molecular flexibility index (Phi) is 5.42. The number of carbonyl (C=O) groups is 1. The summed E-state index contributed by atoms with van der Waals surface area (Å²) >= 11 is 1.01. The second kappa shape index (κ2) is 8.41. The van der Waals surface area contributed by atoms with Crippen LogP contribution in [0.5, 0.6) is 0 Å². The van der Waals surface area contributed by atoms with Crippen molar-refractivity contribution in [1.82, 2.24) is 0 Å². The van der Waals surface area contributed by atoms with Gasteiger partial charge in [0.25, 0.3) is 5.91 Å². The van der Waals surface area contributed by atoms with Crippen LogP contribution in [-0.4, -0.2) is 19.5 Å². The highest BCUT2D eigenvalue weighted by atomic mass is 32.1. The third-order valence-electron chi connectivity index (χ3n) is 5.82. The molecule has 0 radical (unpaired) electrons. The fourth-order valence-corrected chi connectivity index (χ4v) is 5.46. The summed E-state index contributed by atoms with van der Waals surface area (Å²) in [5, 5.41) is 3.02. The van der Waals surface area contributed by atoms with Crippen LogP contribution in [0, 0.1) is 17.5 Å². The Labute approximate surface area is 193 Å². The molecule has 2 heterocycles. The number of fused-ring (bicyclic) bond motifs is 3. The molecule has 4 aromatic rings. The maximum absolute atomic E-state index is 15.5. The van der Waals surface area contributed by atoms with Crippen LogP contribution in [0.2, 0.25) is 0 Å². The van der Waals surface area contributed by atoms with E-state index in [0.29, 0.717) is 27.3 Å². The second-order valence-corrected chi connectivity index (χ2v) is 8.72. The van der Waals surface area contributed by atoms with Crippen molar-refractivity contribution in [3.8, 4) is 20.9 Å². The van der Waals surface area contributed by atoms with Crippen molar-refractivity contribution in [2.24, 2.45) is 0 Å². The van der Waals surface area contributed by atoms with E-state index in [1.807, 2.05) is 24.3 Å². The smallest absolute Gasteiger partial charge is 0.258 e. The summed E-state index contributed by atoms with van der Waals surface area (Å²) in [6.45, 7) is 0.240. The van der Waals surface area contributed by atoms with Gasteiger partial charge in [-0.1, -0.05) is 24.3 Å².